The number of hydrogen-bond acceptors (Lipinski definition) is 6. The lowest BCUT2D eigenvalue weighted by atomic mass is 10.2. The molecular formula is C16H14F3N3O4S. The molecule has 0 saturated carbocycles. The van der Waals surface area contributed by atoms with Crippen molar-refractivity contribution < 1.29 is 32.3 Å². The van der Waals surface area contributed by atoms with Gasteiger partial charge >= 0.3 is 12.1 Å². The van der Waals surface area contributed by atoms with Gasteiger partial charge in [0.1, 0.15) is 4.88 Å². The molecule has 1 aromatic carbocycles. The molecule has 0 atom stereocenters. The van der Waals surface area contributed by atoms with Crippen LogP contribution in [0.15, 0.2) is 24.3 Å². The van der Waals surface area contributed by atoms with Crippen molar-refractivity contribution in [3.63, 3.8) is 0 Å². The SMILES string of the molecule is CCOC(=O)c1sc(NC(=O)c2cccc(NC(C)=O)c2)nc1C(F)(F)F. The fourth-order valence-corrected chi connectivity index (χ4v) is 2.89. The second-order valence-corrected chi connectivity index (χ2v) is 6.13. The second-order valence-electron chi connectivity index (χ2n) is 5.13. The van der Waals surface area contributed by atoms with E-state index in [1.165, 1.54) is 32.0 Å². The van der Waals surface area contributed by atoms with E-state index in [0.29, 0.717) is 17.0 Å². The minimum absolute atomic E-state index is 0.0858. The van der Waals surface area contributed by atoms with Gasteiger partial charge in [0.05, 0.1) is 6.61 Å². The van der Waals surface area contributed by atoms with Gasteiger partial charge in [0.25, 0.3) is 5.91 Å². The molecule has 27 heavy (non-hydrogen) atoms. The monoisotopic (exact) mass is 401 g/mol. The van der Waals surface area contributed by atoms with Crippen molar-refractivity contribution in [2.75, 3.05) is 17.2 Å². The fourth-order valence-electron chi connectivity index (χ4n) is 2.01. The Hall–Kier alpha value is -2.95. The van der Waals surface area contributed by atoms with Gasteiger partial charge in [0.15, 0.2) is 10.8 Å². The molecule has 0 unspecified atom stereocenters. The van der Waals surface area contributed by atoms with Crippen LogP contribution < -0.4 is 10.6 Å². The topological polar surface area (TPSA) is 97.4 Å². The van der Waals surface area contributed by atoms with Crippen LogP contribution in [0.2, 0.25) is 0 Å². The number of amides is 2. The Morgan fingerprint density at radius 2 is 1.93 bits per heavy atom. The van der Waals surface area contributed by atoms with E-state index in [1.54, 1.807) is 6.07 Å². The minimum atomic E-state index is -4.88. The van der Waals surface area contributed by atoms with Gasteiger partial charge in [-0.05, 0) is 25.1 Å². The van der Waals surface area contributed by atoms with Crippen LogP contribution in [-0.4, -0.2) is 29.4 Å². The van der Waals surface area contributed by atoms with Gasteiger partial charge in [0.2, 0.25) is 5.91 Å². The first-order chi connectivity index (χ1) is 12.6. The fraction of sp³-hybridized carbons (Fsp3) is 0.250. The molecule has 0 aliphatic heterocycles. The second kappa shape index (κ2) is 8.16. The smallest absolute Gasteiger partial charge is 0.435 e. The molecule has 144 valence electrons. The first kappa shape index (κ1) is 20.4. The van der Waals surface area contributed by atoms with Gasteiger partial charge < -0.3 is 10.1 Å². The molecule has 0 bridgehead atoms. The Bertz CT molecular complexity index is 880. The number of benzene rings is 1. The van der Waals surface area contributed by atoms with Crippen LogP contribution >= 0.6 is 11.3 Å². The van der Waals surface area contributed by atoms with Crippen LogP contribution in [0, 0.1) is 0 Å². The Morgan fingerprint density at radius 3 is 2.52 bits per heavy atom. The maximum atomic E-state index is 13.1. The van der Waals surface area contributed by atoms with Crippen LogP contribution in [0.1, 0.15) is 39.6 Å². The third-order valence-electron chi connectivity index (χ3n) is 3.02. The molecule has 11 heteroatoms. The number of anilines is 2. The van der Waals surface area contributed by atoms with Crippen LogP contribution in [-0.2, 0) is 15.7 Å². The lowest BCUT2D eigenvalue weighted by Crippen LogP contribution is -2.14. The third kappa shape index (κ3) is 5.26. The molecule has 2 rings (SSSR count). The van der Waals surface area contributed by atoms with Crippen molar-refractivity contribution in [1.29, 1.82) is 0 Å². The Labute approximate surface area is 155 Å². The molecule has 0 aliphatic carbocycles. The number of alkyl halides is 3. The van der Waals surface area contributed by atoms with Crippen molar-refractivity contribution in [1.82, 2.24) is 4.98 Å². The molecular weight excluding hydrogens is 387 g/mol. The van der Waals surface area contributed by atoms with E-state index in [0.717, 1.165) is 0 Å². The van der Waals surface area contributed by atoms with Crippen molar-refractivity contribution in [2.45, 2.75) is 20.0 Å². The summed E-state index contributed by atoms with van der Waals surface area (Å²) in [6.45, 7) is 2.64. The number of ether oxygens (including phenoxy) is 1. The predicted molar refractivity (Wildman–Crippen MR) is 91.8 cm³/mol. The van der Waals surface area contributed by atoms with E-state index < -0.39 is 33.8 Å². The molecule has 0 radical (unpaired) electrons. The molecule has 0 saturated heterocycles. The van der Waals surface area contributed by atoms with E-state index >= 15 is 0 Å². The molecule has 1 heterocycles. The summed E-state index contributed by atoms with van der Waals surface area (Å²) in [5, 5.41) is 4.30. The zero-order chi connectivity index (χ0) is 20.2. The number of thiazole rings is 1. The van der Waals surface area contributed by atoms with E-state index in [9.17, 15) is 27.6 Å². The number of nitrogens with zero attached hydrogens (tertiary/aromatic N) is 1. The Kier molecular flexibility index (Phi) is 6.16. The van der Waals surface area contributed by atoms with Crippen LogP contribution in [0.5, 0.6) is 0 Å². The van der Waals surface area contributed by atoms with Gasteiger partial charge in [-0.25, -0.2) is 9.78 Å². The summed E-state index contributed by atoms with van der Waals surface area (Å²) in [5.74, 6) is -2.27. The van der Waals surface area contributed by atoms with Crippen LogP contribution in [0.25, 0.3) is 0 Å². The summed E-state index contributed by atoms with van der Waals surface area (Å²) >= 11 is 0.365. The van der Waals surface area contributed by atoms with Gasteiger partial charge in [-0.15, -0.1) is 0 Å². The molecule has 2 N–H and O–H groups in total. The first-order valence-corrected chi connectivity index (χ1v) is 8.37. The minimum Gasteiger partial charge on any atom is -0.462 e. The largest absolute Gasteiger partial charge is 0.462 e. The number of carbonyl (C=O) groups excluding carboxylic acids is 3. The standard InChI is InChI=1S/C16H14F3N3O4S/c1-3-26-14(25)11-12(16(17,18)19)21-15(27-11)22-13(24)9-5-4-6-10(7-9)20-8(2)23/h4-7H,3H2,1-2H3,(H,20,23)(H,21,22,24). The quantitative estimate of drug-likeness (QED) is 0.747. The average molecular weight is 401 g/mol. The number of esters is 1. The third-order valence-corrected chi connectivity index (χ3v) is 3.97. The Morgan fingerprint density at radius 1 is 1.22 bits per heavy atom. The summed E-state index contributed by atoms with van der Waals surface area (Å²) in [6, 6.07) is 5.79. The molecule has 7 nitrogen and oxygen atoms in total. The van der Waals surface area contributed by atoms with Gasteiger partial charge in [0, 0.05) is 18.2 Å². The van der Waals surface area contributed by atoms with Gasteiger partial charge in [-0.2, -0.15) is 13.2 Å². The maximum Gasteiger partial charge on any atom is 0.435 e. The van der Waals surface area contributed by atoms with E-state index in [1.807, 2.05) is 0 Å². The summed E-state index contributed by atoms with van der Waals surface area (Å²) < 4.78 is 43.8. The Balaban J connectivity index is 2.28. The van der Waals surface area contributed by atoms with Crippen molar-refractivity contribution in [3.05, 3.63) is 40.4 Å². The number of hydrogen-bond donors (Lipinski definition) is 2. The van der Waals surface area contributed by atoms with Crippen molar-refractivity contribution in [3.8, 4) is 0 Å². The van der Waals surface area contributed by atoms with Gasteiger partial charge in [-0.3, -0.25) is 14.9 Å². The molecule has 0 aliphatic rings. The molecule has 0 spiro atoms. The average Bonchev–Trinajstić information content (AvgIpc) is 2.99. The summed E-state index contributed by atoms with van der Waals surface area (Å²) in [6.07, 6.45) is -4.88. The number of halogens is 3. The van der Waals surface area contributed by atoms with E-state index in [4.69, 9.17) is 0 Å². The van der Waals surface area contributed by atoms with Crippen LogP contribution in [0.4, 0.5) is 24.0 Å². The summed E-state index contributed by atoms with van der Waals surface area (Å²) in [5.41, 5.74) is -0.992. The van der Waals surface area contributed by atoms with Crippen molar-refractivity contribution in [2.24, 2.45) is 0 Å². The van der Waals surface area contributed by atoms with Crippen molar-refractivity contribution >= 4 is 39.9 Å². The molecule has 2 amide bonds. The number of nitrogens with one attached hydrogen (secondary N) is 2. The van der Waals surface area contributed by atoms with Crippen LogP contribution in [0.3, 0.4) is 0 Å². The molecule has 2 aromatic rings. The first-order valence-electron chi connectivity index (χ1n) is 7.56. The normalized spacial score (nSPS) is 11.0. The summed E-state index contributed by atoms with van der Waals surface area (Å²) in [7, 11) is 0. The molecule has 0 fully saturated rings. The zero-order valence-corrected chi connectivity index (χ0v) is 15.0. The highest BCUT2D eigenvalue weighted by Gasteiger charge is 2.40. The number of aromatic nitrogens is 1. The highest BCUT2D eigenvalue weighted by Crippen LogP contribution is 2.36. The maximum absolute atomic E-state index is 13.1. The lowest BCUT2D eigenvalue weighted by Gasteiger charge is -2.05. The van der Waals surface area contributed by atoms with E-state index in [-0.39, 0.29) is 18.1 Å². The van der Waals surface area contributed by atoms with Gasteiger partial charge in [-0.1, -0.05) is 17.4 Å². The van der Waals surface area contributed by atoms with E-state index in [2.05, 4.69) is 20.4 Å². The zero-order valence-electron chi connectivity index (χ0n) is 14.1. The number of carbonyl (C=O) groups is 3. The highest BCUT2D eigenvalue weighted by atomic mass is 32.1. The predicted octanol–water partition coefficient (Wildman–Crippen LogP) is 3.55. The molecule has 1 aromatic heterocycles. The lowest BCUT2D eigenvalue weighted by molar-refractivity contribution is -0.141. The highest BCUT2D eigenvalue weighted by molar-refractivity contribution is 7.17. The summed E-state index contributed by atoms with van der Waals surface area (Å²) in [4.78, 5) is 37.6. The number of rotatable bonds is 5.